The lowest BCUT2D eigenvalue weighted by atomic mass is 10.3. The number of fused-ring (bicyclic) bond motifs is 1. The van der Waals surface area contributed by atoms with Crippen molar-refractivity contribution in [3.63, 3.8) is 0 Å². The van der Waals surface area contributed by atoms with E-state index >= 15 is 0 Å². The SMILES string of the molecule is Brc1nc(COc2cccnc2)c2ccccn12. The van der Waals surface area contributed by atoms with E-state index in [9.17, 15) is 0 Å². The molecule has 0 spiro atoms. The monoisotopic (exact) mass is 303 g/mol. The van der Waals surface area contributed by atoms with Crippen molar-refractivity contribution >= 4 is 21.4 Å². The summed E-state index contributed by atoms with van der Waals surface area (Å²) in [5.74, 6) is 0.741. The van der Waals surface area contributed by atoms with Crippen molar-refractivity contribution in [3.8, 4) is 5.75 Å². The van der Waals surface area contributed by atoms with Gasteiger partial charge in [0.05, 0.1) is 11.7 Å². The second-order valence-corrected chi connectivity index (χ2v) is 4.47. The van der Waals surface area contributed by atoms with Crippen LogP contribution in [0.2, 0.25) is 0 Å². The van der Waals surface area contributed by atoms with Crippen LogP contribution in [0.3, 0.4) is 0 Å². The van der Waals surface area contributed by atoms with Gasteiger partial charge in [-0.3, -0.25) is 9.38 Å². The van der Waals surface area contributed by atoms with Crippen molar-refractivity contribution in [2.24, 2.45) is 0 Å². The predicted octanol–water partition coefficient (Wildman–Crippen LogP) is 3.07. The maximum absolute atomic E-state index is 5.65. The van der Waals surface area contributed by atoms with E-state index in [-0.39, 0.29) is 0 Å². The molecule has 3 aromatic rings. The zero-order chi connectivity index (χ0) is 12.4. The molecule has 5 heteroatoms. The zero-order valence-corrected chi connectivity index (χ0v) is 11.0. The molecule has 0 aliphatic carbocycles. The number of pyridine rings is 2. The first-order chi connectivity index (χ1) is 8.84. The molecule has 0 saturated heterocycles. The average Bonchev–Trinajstić information content (AvgIpc) is 2.75. The van der Waals surface area contributed by atoms with Gasteiger partial charge in [0.25, 0.3) is 0 Å². The third-order valence-electron chi connectivity index (χ3n) is 2.59. The maximum Gasteiger partial charge on any atom is 0.182 e. The highest BCUT2D eigenvalue weighted by Gasteiger charge is 2.08. The first-order valence-corrected chi connectivity index (χ1v) is 6.28. The maximum atomic E-state index is 5.65. The molecule has 3 rings (SSSR count). The van der Waals surface area contributed by atoms with Crippen LogP contribution in [-0.2, 0) is 6.61 Å². The summed E-state index contributed by atoms with van der Waals surface area (Å²) >= 11 is 3.43. The van der Waals surface area contributed by atoms with E-state index in [2.05, 4.69) is 25.9 Å². The van der Waals surface area contributed by atoms with Crippen LogP contribution < -0.4 is 4.74 Å². The Hall–Kier alpha value is -1.88. The highest BCUT2D eigenvalue weighted by Crippen LogP contribution is 2.19. The number of hydrogen-bond donors (Lipinski definition) is 0. The Morgan fingerprint density at radius 2 is 2.17 bits per heavy atom. The number of ether oxygens (including phenoxy) is 1. The summed E-state index contributed by atoms with van der Waals surface area (Å²) in [7, 11) is 0. The van der Waals surface area contributed by atoms with E-state index in [4.69, 9.17) is 4.74 Å². The third kappa shape index (κ3) is 2.09. The van der Waals surface area contributed by atoms with Crippen LogP contribution in [0.1, 0.15) is 5.69 Å². The molecule has 3 aromatic heterocycles. The summed E-state index contributed by atoms with van der Waals surface area (Å²) in [5.41, 5.74) is 1.93. The lowest BCUT2D eigenvalue weighted by Gasteiger charge is -2.03. The fourth-order valence-electron chi connectivity index (χ4n) is 1.75. The van der Waals surface area contributed by atoms with Crippen LogP contribution in [0.4, 0.5) is 0 Å². The summed E-state index contributed by atoms with van der Waals surface area (Å²) < 4.78 is 8.41. The van der Waals surface area contributed by atoms with Gasteiger partial charge in [0.2, 0.25) is 0 Å². The highest BCUT2D eigenvalue weighted by molar-refractivity contribution is 9.10. The summed E-state index contributed by atoms with van der Waals surface area (Å²) in [4.78, 5) is 8.44. The first kappa shape index (κ1) is 11.2. The summed E-state index contributed by atoms with van der Waals surface area (Å²) in [6.07, 6.45) is 5.36. The molecule has 0 aliphatic heterocycles. The van der Waals surface area contributed by atoms with Gasteiger partial charge in [-0.15, -0.1) is 0 Å². The molecular formula is C13H10BrN3O. The van der Waals surface area contributed by atoms with Crippen molar-refractivity contribution < 1.29 is 4.74 Å². The minimum Gasteiger partial charge on any atom is -0.486 e. The van der Waals surface area contributed by atoms with Gasteiger partial charge in [-0.2, -0.15) is 0 Å². The largest absolute Gasteiger partial charge is 0.486 e. The first-order valence-electron chi connectivity index (χ1n) is 5.49. The van der Waals surface area contributed by atoms with Gasteiger partial charge >= 0.3 is 0 Å². The van der Waals surface area contributed by atoms with Crippen molar-refractivity contribution in [2.45, 2.75) is 6.61 Å². The van der Waals surface area contributed by atoms with Crippen molar-refractivity contribution in [1.29, 1.82) is 0 Å². The summed E-state index contributed by atoms with van der Waals surface area (Å²) in [6, 6.07) is 9.68. The summed E-state index contributed by atoms with van der Waals surface area (Å²) in [5, 5.41) is 0. The molecule has 0 aliphatic rings. The van der Waals surface area contributed by atoms with Gasteiger partial charge in [0.15, 0.2) is 4.73 Å². The minimum absolute atomic E-state index is 0.421. The highest BCUT2D eigenvalue weighted by atomic mass is 79.9. The number of halogens is 1. The second kappa shape index (κ2) is 4.78. The van der Waals surface area contributed by atoms with Crippen LogP contribution in [0, 0.1) is 0 Å². The molecule has 0 unspecified atom stereocenters. The Bertz CT molecular complexity index is 666. The van der Waals surface area contributed by atoms with E-state index in [0.717, 1.165) is 21.7 Å². The molecule has 3 heterocycles. The Morgan fingerprint density at radius 1 is 1.22 bits per heavy atom. The number of aromatic nitrogens is 3. The standard InChI is InChI=1S/C13H10BrN3O/c14-13-16-11(12-5-1-2-7-17(12)13)9-18-10-4-3-6-15-8-10/h1-8H,9H2. The van der Waals surface area contributed by atoms with E-state index in [1.54, 1.807) is 12.4 Å². The van der Waals surface area contributed by atoms with E-state index in [1.165, 1.54) is 0 Å². The smallest absolute Gasteiger partial charge is 0.182 e. The van der Waals surface area contributed by atoms with Gasteiger partial charge in [0.1, 0.15) is 18.1 Å². The third-order valence-corrected chi connectivity index (χ3v) is 3.15. The van der Waals surface area contributed by atoms with Crippen LogP contribution >= 0.6 is 15.9 Å². The van der Waals surface area contributed by atoms with Gasteiger partial charge in [-0.25, -0.2) is 4.98 Å². The number of rotatable bonds is 3. The van der Waals surface area contributed by atoms with Gasteiger partial charge in [-0.1, -0.05) is 6.07 Å². The minimum atomic E-state index is 0.421. The number of imidazole rings is 1. The Balaban J connectivity index is 1.87. The molecule has 0 N–H and O–H groups in total. The lowest BCUT2D eigenvalue weighted by Crippen LogP contribution is -1.96. The second-order valence-electron chi connectivity index (χ2n) is 3.76. The van der Waals surface area contributed by atoms with E-state index in [0.29, 0.717) is 6.61 Å². The molecule has 0 atom stereocenters. The van der Waals surface area contributed by atoms with Gasteiger partial charge in [0, 0.05) is 12.4 Å². The van der Waals surface area contributed by atoms with Crippen LogP contribution in [0.25, 0.3) is 5.52 Å². The Labute approximate surface area is 112 Å². The molecule has 18 heavy (non-hydrogen) atoms. The Morgan fingerprint density at radius 3 is 3.00 bits per heavy atom. The molecule has 4 nitrogen and oxygen atoms in total. The van der Waals surface area contributed by atoms with E-state index < -0.39 is 0 Å². The van der Waals surface area contributed by atoms with Gasteiger partial charge < -0.3 is 4.74 Å². The predicted molar refractivity (Wildman–Crippen MR) is 71.5 cm³/mol. The average molecular weight is 304 g/mol. The Kier molecular flexibility index (Phi) is 2.98. The normalized spacial score (nSPS) is 10.7. The quantitative estimate of drug-likeness (QED) is 0.746. The van der Waals surface area contributed by atoms with Crippen molar-refractivity contribution in [3.05, 3.63) is 59.3 Å². The van der Waals surface area contributed by atoms with E-state index in [1.807, 2.05) is 40.9 Å². The zero-order valence-electron chi connectivity index (χ0n) is 9.45. The van der Waals surface area contributed by atoms with Crippen LogP contribution in [-0.4, -0.2) is 14.4 Å². The molecule has 0 radical (unpaired) electrons. The van der Waals surface area contributed by atoms with Crippen molar-refractivity contribution in [1.82, 2.24) is 14.4 Å². The topological polar surface area (TPSA) is 39.4 Å². The lowest BCUT2D eigenvalue weighted by molar-refractivity contribution is 0.302. The molecule has 90 valence electrons. The summed E-state index contributed by atoms with van der Waals surface area (Å²) in [6.45, 7) is 0.421. The fourth-order valence-corrected chi connectivity index (χ4v) is 2.28. The van der Waals surface area contributed by atoms with Crippen LogP contribution in [0.5, 0.6) is 5.75 Å². The fraction of sp³-hybridized carbons (Fsp3) is 0.0769. The molecule has 0 aromatic carbocycles. The number of nitrogens with zero attached hydrogens (tertiary/aromatic N) is 3. The van der Waals surface area contributed by atoms with Crippen LogP contribution in [0.15, 0.2) is 53.7 Å². The van der Waals surface area contributed by atoms with Gasteiger partial charge in [-0.05, 0) is 40.2 Å². The molecular weight excluding hydrogens is 294 g/mol. The molecule has 0 saturated carbocycles. The van der Waals surface area contributed by atoms with Crippen molar-refractivity contribution in [2.75, 3.05) is 0 Å². The number of hydrogen-bond acceptors (Lipinski definition) is 3. The molecule has 0 amide bonds. The molecule has 0 fully saturated rings. The molecule has 0 bridgehead atoms.